The van der Waals surface area contributed by atoms with Gasteiger partial charge in [0.05, 0.1) is 23.3 Å². The zero-order chi connectivity index (χ0) is 13.4. The van der Waals surface area contributed by atoms with E-state index in [2.05, 4.69) is 23.4 Å². The quantitative estimate of drug-likeness (QED) is 0.730. The molecule has 98 valence electrons. The summed E-state index contributed by atoms with van der Waals surface area (Å²) in [5.74, 6) is 1.98. The number of rotatable bonds is 3. The highest BCUT2D eigenvalue weighted by molar-refractivity contribution is 5.80. The molecule has 0 fully saturated rings. The highest BCUT2D eigenvalue weighted by Gasteiger charge is 2.18. The summed E-state index contributed by atoms with van der Waals surface area (Å²) in [5, 5.41) is 0. The molecular weight excluding hydrogens is 238 g/mol. The molecule has 0 aliphatic heterocycles. The van der Waals surface area contributed by atoms with E-state index in [4.69, 9.17) is 10.2 Å². The number of hydrogen-bond acceptors (Lipinski definition) is 3. The topological polar surface area (TPSA) is 57.0 Å². The standard InChI is InChI=1S/C15H17N3O/c1-3-15-17-12-9-11(16)6-7-13(12)18(15)10(2)14-5-4-8-19-14/h4-10H,3,16H2,1-2H3. The largest absolute Gasteiger partial charge is 0.467 e. The first kappa shape index (κ1) is 11.8. The number of imidazole rings is 1. The van der Waals surface area contributed by atoms with Gasteiger partial charge in [0, 0.05) is 12.1 Å². The number of nitrogen functional groups attached to an aromatic ring is 1. The smallest absolute Gasteiger partial charge is 0.126 e. The van der Waals surface area contributed by atoms with Crippen LogP contribution in [0.5, 0.6) is 0 Å². The Morgan fingerprint density at radius 3 is 2.89 bits per heavy atom. The fraction of sp³-hybridized carbons (Fsp3) is 0.267. The minimum absolute atomic E-state index is 0.124. The predicted octanol–water partition coefficient (Wildman–Crippen LogP) is 3.38. The van der Waals surface area contributed by atoms with Gasteiger partial charge in [0.2, 0.25) is 0 Å². The Morgan fingerprint density at radius 2 is 2.21 bits per heavy atom. The molecule has 2 N–H and O–H groups in total. The maximum atomic E-state index is 5.83. The van der Waals surface area contributed by atoms with Crippen LogP contribution in [0.25, 0.3) is 11.0 Å². The first-order chi connectivity index (χ1) is 9.20. The van der Waals surface area contributed by atoms with E-state index in [1.54, 1.807) is 6.26 Å². The van der Waals surface area contributed by atoms with Crippen LogP contribution in [0.1, 0.15) is 31.5 Å². The van der Waals surface area contributed by atoms with E-state index in [1.807, 2.05) is 30.3 Å². The summed E-state index contributed by atoms with van der Waals surface area (Å²) < 4.78 is 7.73. The highest BCUT2D eigenvalue weighted by Crippen LogP contribution is 2.27. The van der Waals surface area contributed by atoms with Gasteiger partial charge in [0.1, 0.15) is 11.6 Å². The van der Waals surface area contributed by atoms with Crippen molar-refractivity contribution in [3.05, 3.63) is 48.2 Å². The Morgan fingerprint density at radius 1 is 1.37 bits per heavy atom. The second kappa shape index (κ2) is 4.46. The summed E-state index contributed by atoms with van der Waals surface area (Å²) in [5.41, 5.74) is 8.60. The fourth-order valence-electron chi connectivity index (χ4n) is 2.50. The molecule has 4 nitrogen and oxygen atoms in total. The molecule has 3 aromatic rings. The molecule has 19 heavy (non-hydrogen) atoms. The third-order valence-electron chi connectivity index (χ3n) is 3.45. The summed E-state index contributed by atoms with van der Waals surface area (Å²) in [6.45, 7) is 4.23. The molecule has 1 aromatic carbocycles. The van der Waals surface area contributed by atoms with E-state index in [1.165, 1.54) is 0 Å². The van der Waals surface area contributed by atoms with Crippen molar-refractivity contribution in [3.8, 4) is 0 Å². The Bertz CT molecular complexity index is 698. The molecule has 0 spiro atoms. The molecule has 0 radical (unpaired) electrons. The molecule has 3 rings (SSSR count). The summed E-state index contributed by atoms with van der Waals surface area (Å²) in [6.07, 6.45) is 2.58. The molecule has 0 aliphatic rings. The molecule has 4 heteroatoms. The Balaban J connectivity index is 2.21. The average Bonchev–Trinajstić information content (AvgIpc) is 3.04. The minimum Gasteiger partial charge on any atom is -0.467 e. The van der Waals surface area contributed by atoms with Gasteiger partial charge in [-0.05, 0) is 37.3 Å². The van der Waals surface area contributed by atoms with Crippen molar-refractivity contribution in [1.82, 2.24) is 9.55 Å². The van der Waals surface area contributed by atoms with Crippen LogP contribution >= 0.6 is 0 Å². The zero-order valence-electron chi connectivity index (χ0n) is 11.1. The lowest BCUT2D eigenvalue weighted by Gasteiger charge is -2.15. The SMILES string of the molecule is CCc1nc2cc(N)ccc2n1C(C)c1ccco1. The van der Waals surface area contributed by atoms with E-state index >= 15 is 0 Å². The van der Waals surface area contributed by atoms with Crippen molar-refractivity contribution in [2.45, 2.75) is 26.3 Å². The van der Waals surface area contributed by atoms with Gasteiger partial charge in [0.25, 0.3) is 0 Å². The number of nitrogens with two attached hydrogens (primary N) is 1. The van der Waals surface area contributed by atoms with Gasteiger partial charge in [-0.3, -0.25) is 0 Å². The molecule has 0 aliphatic carbocycles. The van der Waals surface area contributed by atoms with Gasteiger partial charge in [-0.25, -0.2) is 4.98 Å². The molecule has 0 bridgehead atoms. The molecule has 2 aromatic heterocycles. The van der Waals surface area contributed by atoms with Gasteiger partial charge in [-0.2, -0.15) is 0 Å². The van der Waals surface area contributed by atoms with E-state index < -0.39 is 0 Å². The Labute approximate surface area is 111 Å². The lowest BCUT2D eigenvalue weighted by molar-refractivity contribution is 0.445. The number of aromatic nitrogens is 2. The lowest BCUT2D eigenvalue weighted by atomic mass is 10.2. The van der Waals surface area contributed by atoms with Gasteiger partial charge in [-0.1, -0.05) is 6.92 Å². The molecule has 1 unspecified atom stereocenters. The third kappa shape index (κ3) is 1.89. The van der Waals surface area contributed by atoms with Crippen LogP contribution in [-0.4, -0.2) is 9.55 Å². The Kier molecular flexibility index (Phi) is 2.78. The van der Waals surface area contributed by atoms with Gasteiger partial charge < -0.3 is 14.7 Å². The molecule has 0 saturated heterocycles. The van der Waals surface area contributed by atoms with Gasteiger partial charge in [0.15, 0.2) is 0 Å². The molecule has 1 atom stereocenters. The lowest BCUT2D eigenvalue weighted by Crippen LogP contribution is -2.09. The first-order valence-electron chi connectivity index (χ1n) is 6.50. The van der Waals surface area contributed by atoms with Crippen LogP contribution < -0.4 is 5.73 Å². The summed E-state index contributed by atoms with van der Waals surface area (Å²) >= 11 is 0. The number of fused-ring (bicyclic) bond motifs is 1. The van der Waals surface area contributed by atoms with Crippen molar-refractivity contribution >= 4 is 16.7 Å². The molecule has 0 saturated carbocycles. The summed E-state index contributed by atoms with van der Waals surface area (Å²) in [6, 6.07) is 9.88. The minimum atomic E-state index is 0.124. The summed E-state index contributed by atoms with van der Waals surface area (Å²) in [4.78, 5) is 4.66. The van der Waals surface area contributed by atoms with E-state index in [9.17, 15) is 0 Å². The van der Waals surface area contributed by atoms with Crippen LogP contribution in [0.15, 0.2) is 41.0 Å². The number of aryl methyl sites for hydroxylation is 1. The van der Waals surface area contributed by atoms with E-state index in [0.29, 0.717) is 0 Å². The van der Waals surface area contributed by atoms with Gasteiger partial charge >= 0.3 is 0 Å². The average molecular weight is 255 g/mol. The molecule has 0 amide bonds. The van der Waals surface area contributed by atoms with Crippen LogP contribution in [0.3, 0.4) is 0 Å². The van der Waals surface area contributed by atoms with Crippen molar-refractivity contribution in [2.75, 3.05) is 5.73 Å². The van der Waals surface area contributed by atoms with Gasteiger partial charge in [-0.15, -0.1) is 0 Å². The van der Waals surface area contributed by atoms with Crippen LogP contribution in [-0.2, 0) is 6.42 Å². The zero-order valence-corrected chi connectivity index (χ0v) is 11.1. The van der Waals surface area contributed by atoms with Crippen molar-refractivity contribution in [3.63, 3.8) is 0 Å². The fourth-order valence-corrected chi connectivity index (χ4v) is 2.50. The number of benzene rings is 1. The normalized spacial score (nSPS) is 12.9. The van der Waals surface area contributed by atoms with E-state index in [-0.39, 0.29) is 6.04 Å². The maximum Gasteiger partial charge on any atom is 0.126 e. The molecule has 2 heterocycles. The second-order valence-corrected chi connectivity index (χ2v) is 4.69. The first-order valence-corrected chi connectivity index (χ1v) is 6.50. The second-order valence-electron chi connectivity index (χ2n) is 4.69. The summed E-state index contributed by atoms with van der Waals surface area (Å²) in [7, 11) is 0. The highest BCUT2D eigenvalue weighted by atomic mass is 16.3. The number of nitrogens with zero attached hydrogens (tertiary/aromatic N) is 2. The van der Waals surface area contributed by atoms with Crippen LogP contribution in [0.2, 0.25) is 0 Å². The number of anilines is 1. The predicted molar refractivity (Wildman–Crippen MR) is 76.0 cm³/mol. The molecular formula is C15H17N3O. The van der Waals surface area contributed by atoms with Crippen LogP contribution in [0, 0.1) is 0 Å². The van der Waals surface area contributed by atoms with Crippen molar-refractivity contribution < 1.29 is 4.42 Å². The van der Waals surface area contributed by atoms with Crippen LogP contribution in [0.4, 0.5) is 5.69 Å². The number of hydrogen-bond donors (Lipinski definition) is 1. The Hall–Kier alpha value is -2.23. The monoisotopic (exact) mass is 255 g/mol. The number of furan rings is 1. The third-order valence-corrected chi connectivity index (χ3v) is 3.45. The van der Waals surface area contributed by atoms with Crippen molar-refractivity contribution in [1.29, 1.82) is 0 Å². The van der Waals surface area contributed by atoms with Crippen molar-refractivity contribution in [2.24, 2.45) is 0 Å². The maximum absolute atomic E-state index is 5.83. The van der Waals surface area contributed by atoms with E-state index in [0.717, 1.165) is 34.7 Å².